The molecule has 0 spiro atoms. The molecular formula is C28H30N5NaO6S. The Hall–Kier alpha value is -3.50. The van der Waals surface area contributed by atoms with E-state index in [0.29, 0.717) is 0 Å². The molecule has 0 amide bonds. The average Bonchev–Trinajstić information content (AvgIpc) is 2.93. The molecule has 1 atom stereocenters. The van der Waals surface area contributed by atoms with Gasteiger partial charge in [-0.3, -0.25) is 14.1 Å². The van der Waals surface area contributed by atoms with Gasteiger partial charge in [0.2, 0.25) is 5.69 Å². The van der Waals surface area contributed by atoms with Crippen molar-refractivity contribution in [3.63, 3.8) is 0 Å². The summed E-state index contributed by atoms with van der Waals surface area (Å²) >= 11 is 0. The molecule has 1 unspecified atom stereocenters. The zero-order valence-corrected chi connectivity index (χ0v) is 26.2. The minimum absolute atomic E-state index is 0. The van der Waals surface area contributed by atoms with Gasteiger partial charge < -0.3 is 15.0 Å². The number of carbonyl (C=O) groups is 1. The van der Waals surface area contributed by atoms with Gasteiger partial charge in [0.05, 0.1) is 12.5 Å². The molecule has 0 bridgehead atoms. The predicted molar refractivity (Wildman–Crippen MR) is 149 cm³/mol. The average molecular weight is 588 g/mol. The molecule has 41 heavy (non-hydrogen) atoms. The molecule has 13 heteroatoms. The van der Waals surface area contributed by atoms with Crippen molar-refractivity contribution < 1.29 is 53.0 Å². The molecule has 0 saturated heterocycles. The number of carbonyl (C=O) groups excluding carboxylic acids is 1. The first-order valence-electron chi connectivity index (χ1n) is 12.7. The van der Waals surface area contributed by atoms with Crippen LogP contribution in [0, 0.1) is 19.4 Å². The van der Waals surface area contributed by atoms with Gasteiger partial charge in [0.25, 0.3) is 15.6 Å². The van der Waals surface area contributed by atoms with Gasteiger partial charge >= 0.3 is 29.6 Å². The molecule has 2 N–H and O–H groups in total. The third-order valence-corrected chi connectivity index (χ3v) is 7.94. The number of anilines is 1. The number of nitrogens with zero attached hydrogens (tertiary/aromatic N) is 4. The van der Waals surface area contributed by atoms with E-state index in [-0.39, 0.29) is 80.8 Å². The normalized spacial score (nSPS) is 12.0. The SMILES string of the molecule is [C-]#[N+]c1c(C)c(N=Nc2ccccc2S(=O)(=O)Nc2ccc(C(=O)[O-])cc2)c(=O)n(CC(CC)CCCC)c1O.[Na+]. The van der Waals surface area contributed by atoms with Gasteiger partial charge in [0.15, 0.2) is 5.88 Å². The summed E-state index contributed by atoms with van der Waals surface area (Å²) in [6.07, 6.45) is 3.58. The summed E-state index contributed by atoms with van der Waals surface area (Å²) in [5.41, 5.74) is -0.865. The summed E-state index contributed by atoms with van der Waals surface area (Å²) in [6, 6.07) is 10.7. The summed E-state index contributed by atoms with van der Waals surface area (Å²) in [6.45, 7) is 13.3. The number of carboxylic acid groups (broad SMARTS) is 1. The summed E-state index contributed by atoms with van der Waals surface area (Å²) in [5, 5.41) is 29.8. The van der Waals surface area contributed by atoms with Gasteiger partial charge in [0.1, 0.15) is 16.3 Å². The van der Waals surface area contributed by atoms with Crippen molar-refractivity contribution in [1.82, 2.24) is 4.57 Å². The number of carboxylic acids is 1. The molecule has 3 rings (SSSR count). The number of aromatic nitrogens is 1. The van der Waals surface area contributed by atoms with Crippen LogP contribution in [0.25, 0.3) is 4.85 Å². The second-order valence-electron chi connectivity index (χ2n) is 9.23. The third kappa shape index (κ3) is 8.04. The van der Waals surface area contributed by atoms with Crippen LogP contribution in [-0.4, -0.2) is 24.1 Å². The number of hydrogen-bond acceptors (Lipinski definition) is 8. The van der Waals surface area contributed by atoms with E-state index in [2.05, 4.69) is 26.7 Å². The molecule has 1 aromatic heterocycles. The molecule has 2 aromatic carbocycles. The maximum absolute atomic E-state index is 13.4. The quantitative estimate of drug-likeness (QED) is 0.188. The van der Waals surface area contributed by atoms with Crippen molar-refractivity contribution in [2.75, 3.05) is 4.72 Å². The molecular weight excluding hydrogens is 557 g/mol. The summed E-state index contributed by atoms with van der Waals surface area (Å²) in [5.74, 6) is -1.72. The fourth-order valence-electron chi connectivity index (χ4n) is 4.14. The Morgan fingerprint density at radius 2 is 1.80 bits per heavy atom. The molecule has 0 saturated carbocycles. The monoisotopic (exact) mass is 587 g/mol. The van der Waals surface area contributed by atoms with Crippen molar-refractivity contribution in [2.24, 2.45) is 16.1 Å². The fraction of sp³-hybridized carbons (Fsp3) is 0.321. The number of nitrogens with one attached hydrogen (secondary N) is 1. The first-order valence-corrected chi connectivity index (χ1v) is 14.2. The molecule has 1 heterocycles. The molecule has 210 valence electrons. The number of aromatic hydroxyl groups is 1. The van der Waals surface area contributed by atoms with Crippen LogP contribution in [0.2, 0.25) is 0 Å². The van der Waals surface area contributed by atoms with Crippen LogP contribution in [0.5, 0.6) is 5.88 Å². The number of pyridine rings is 1. The standard InChI is InChI=1S/C28H31N5O6S.Na/c1-5-7-10-19(6-2)17-33-26(34)24(29-4)18(3)25(27(33)35)31-30-22-11-8-9-12-23(22)40(38,39)32-21-15-13-20(14-16-21)28(36)37;/h8-9,11-16,19,32,34H,5-7,10,17H2,1-3H3,(H,36,37);/q;+1/p-1. The summed E-state index contributed by atoms with van der Waals surface area (Å²) in [4.78, 5) is 27.5. The number of hydrogen-bond donors (Lipinski definition) is 2. The number of aromatic carboxylic acids is 1. The number of rotatable bonds is 12. The molecule has 0 aliphatic heterocycles. The van der Waals surface area contributed by atoms with E-state index >= 15 is 0 Å². The van der Waals surface area contributed by atoms with Gasteiger partial charge in [-0.25, -0.2) is 13.3 Å². The molecule has 0 fully saturated rings. The van der Waals surface area contributed by atoms with Crippen molar-refractivity contribution in [3.05, 3.63) is 81.4 Å². The molecule has 3 aromatic rings. The van der Waals surface area contributed by atoms with Crippen molar-refractivity contribution in [3.8, 4) is 5.88 Å². The Balaban J connectivity index is 0.00000588. The van der Waals surface area contributed by atoms with Gasteiger partial charge in [0, 0.05) is 12.2 Å². The maximum atomic E-state index is 13.4. The second-order valence-corrected chi connectivity index (χ2v) is 10.9. The Morgan fingerprint density at radius 3 is 2.39 bits per heavy atom. The van der Waals surface area contributed by atoms with E-state index < -0.39 is 27.4 Å². The summed E-state index contributed by atoms with van der Waals surface area (Å²) < 4.78 is 29.8. The van der Waals surface area contributed by atoms with Gasteiger partial charge in [-0.1, -0.05) is 57.4 Å². The van der Waals surface area contributed by atoms with E-state index in [9.17, 15) is 28.2 Å². The van der Waals surface area contributed by atoms with Crippen LogP contribution in [0.15, 0.2) is 68.4 Å². The first-order chi connectivity index (χ1) is 19.0. The van der Waals surface area contributed by atoms with Gasteiger partial charge in [-0.15, -0.1) is 10.2 Å². The van der Waals surface area contributed by atoms with E-state index in [1.807, 2.05) is 6.92 Å². The Bertz CT molecular complexity index is 1630. The summed E-state index contributed by atoms with van der Waals surface area (Å²) in [7, 11) is -4.20. The van der Waals surface area contributed by atoms with Crippen molar-refractivity contribution >= 4 is 38.7 Å². The maximum Gasteiger partial charge on any atom is 1.00 e. The topological polar surface area (TPSA) is 158 Å². The van der Waals surface area contributed by atoms with Crippen LogP contribution < -0.4 is 44.9 Å². The fourth-order valence-corrected chi connectivity index (χ4v) is 5.34. The first kappa shape index (κ1) is 33.7. The second kappa shape index (κ2) is 14.9. The van der Waals surface area contributed by atoms with Crippen LogP contribution in [-0.2, 0) is 16.6 Å². The van der Waals surface area contributed by atoms with Crippen LogP contribution in [0.3, 0.4) is 0 Å². The number of azo groups is 1. The number of benzene rings is 2. The zero-order chi connectivity index (χ0) is 29.4. The van der Waals surface area contributed by atoms with E-state index in [1.165, 1.54) is 49.4 Å². The predicted octanol–water partition coefficient (Wildman–Crippen LogP) is 2.21. The van der Waals surface area contributed by atoms with E-state index in [4.69, 9.17) is 6.57 Å². The Morgan fingerprint density at radius 1 is 1.15 bits per heavy atom. The molecule has 11 nitrogen and oxygen atoms in total. The number of sulfonamides is 1. The Kier molecular flexibility index (Phi) is 12.3. The molecule has 0 aliphatic rings. The number of unbranched alkanes of at least 4 members (excludes halogenated alkanes) is 1. The third-order valence-electron chi connectivity index (χ3n) is 6.51. The van der Waals surface area contributed by atoms with Crippen LogP contribution >= 0.6 is 0 Å². The smallest absolute Gasteiger partial charge is 0.545 e. The minimum atomic E-state index is -4.20. The van der Waals surface area contributed by atoms with Crippen LogP contribution in [0.1, 0.15) is 55.5 Å². The molecule has 0 aliphatic carbocycles. The van der Waals surface area contributed by atoms with Crippen molar-refractivity contribution in [2.45, 2.75) is 57.9 Å². The molecule has 0 radical (unpaired) electrons. The minimum Gasteiger partial charge on any atom is -0.545 e. The zero-order valence-electron chi connectivity index (χ0n) is 23.4. The van der Waals surface area contributed by atoms with E-state index in [0.717, 1.165) is 30.3 Å². The van der Waals surface area contributed by atoms with Gasteiger partial charge in [-0.05, 0) is 54.7 Å². The van der Waals surface area contributed by atoms with Gasteiger partial charge in [-0.2, -0.15) is 0 Å². The van der Waals surface area contributed by atoms with Crippen molar-refractivity contribution in [1.29, 1.82) is 0 Å². The van der Waals surface area contributed by atoms with Crippen LogP contribution in [0.4, 0.5) is 22.7 Å². The largest absolute Gasteiger partial charge is 1.00 e. The Labute approximate surface area is 261 Å². The van der Waals surface area contributed by atoms with E-state index in [1.54, 1.807) is 6.07 Å².